The molecule has 1 aliphatic rings. The van der Waals surface area contributed by atoms with Crippen molar-refractivity contribution in [3.8, 4) is 0 Å². The lowest BCUT2D eigenvalue weighted by Gasteiger charge is -2.30. The van der Waals surface area contributed by atoms with E-state index in [0.29, 0.717) is 19.4 Å². The third-order valence-electron chi connectivity index (χ3n) is 4.53. The molecule has 8 heteroatoms. The van der Waals surface area contributed by atoms with Crippen LogP contribution in [0.2, 0.25) is 0 Å². The van der Waals surface area contributed by atoms with Gasteiger partial charge in [-0.25, -0.2) is 13.4 Å². The Balaban J connectivity index is 1.72. The molecular weight excluding hydrogens is 352 g/mol. The molecule has 1 amide bonds. The van der Waals surface area contributed by atoms with Gasteiger partial charge in [-0.3, -0.25) is 4.79 Å². The number of aromatic nitrogens is 2. The molecule has 2 heterocycles. The van der Waals surface area contributed by atoms with Crippen LogP contribution in [0.4, 0.5) is 5.69 Å². The van der Waals surface area contributed by atoms with Gasteiger partial charge in [0.15, 0.2) is 5.03 Å². The summed E-state index contributed by atoms with van der Waals surface area (Å²) in [6, 6.07) is 5.86. The van der Waals surface area contributed by atoms with Crippen molar-refractivity contribution in [2.24, 2.45) is 13.0 Å². The molecule has 1 aromatic carbocycles. The zero-order valence-corrected chi connectivity index (χ0v) is 16.1. The van der Waals surface area contributed by atoms with E-state index in [4.69, 9.17) is 0 Å². The van der Waals surface area contributed by atoms with Crippen molar-refractivity contribution in [2.45, 2.75) is 31.7 Å². The minimum Gasteiger partial charge on any atom is -0.339 e. The number of aryl methyl sites for hydroxylation is 3. The fourth-order valence-electron chi connectivity index (χ4n) is 3.32. The summed E-state index contributed by atoms with van der Waals surface area (Å²) in [5.74, 6) is -0.515. The Morgan fingerprint density at radius 1 is 1.23 bits per heavy atom. The zero-order valence-electron chi connectivity index (χ0n) is 15.3. The smallest absolute Gasteiger partial charge is 0.262 e. The summed E-state index contributed by atoms with van der Waals surface area (Å²) >= 11 is 0. The standard InChI is InChI=1S/C18H24N4O3S/c1-13-7-14(2)9-16(8-13)20-18(23)15-5-4-6-22(10-15)26(24,25)17-11-21(3)12-19-17/h7-9,11-12,15H,4-6,10H2,1-3H3,(H,20,23)/t15-/m1/s1. The number of carbonyl (C=O) groups is 1. The average molecular weight is 376 g/mol. The van der Waals surface area contributed by atoms with Crippen LogP contribution < -0.4 is 5.32 Å². The Hall–Kier alpha value is -2.19. The fourth-order valence-corrected chi connectivity index (χ4v) is 4.81. The van der Waals surface area contributed by atoms with Gasteiger partial charge in [0.25, 0.3) is 10.0 Å². The van der Waals surface area contributed by atoms with Crippen LogP contribution in [0.1, 0.15) is 24.0 Å². The predicted molar refractivity (Wildman–Crippen MR) is 99.2 cm³/mol. The number of carbonyl (C=O) groups excluding carboxylic acids is 1. The Morgan fingerprint density at radius 3 is 2.54 bits per heavy atom. The minimum absolute atomic E-state index is 0.0235. The monoisotopic (exact) mass is 376 g/mol. The molecule has 0 aliphatic carbocycles. The molecular formula is C18H24N4O3S. The lowest BCUT2D eigenvalue weighted by Crippen LogP contribution is -2.43. The van der Waals surface area contributed by atoms with E-state index < -0.39 is 10.0 Å². The van der Waals surface area contributed by atoms with Crippen LogP contribution >= 0.6 is 0 Å². The molecule has 1 aromatic heterocycles. The van der Waals surface area contributed by atoms with Gasteiger partial charge in [-0.1, -0.05) is 6.07 Å². The summed E-state index contributed by atoms with van der Waals surface area (Å²) in [7, 11) is -1.95. The minimum atomic E-state index is -3.67. The predicted octanol–water partition coefficient (Wildman–Crippen LogP) is 2.08. The summed E-state index contributed by atoms with van der Waals surface area (Å²) in [4.78, 5) is 16.6. The summed E-state index contributed by atoms with van der Waals surface area (Å²) in [6.45, 7) is 4.54. The molecule has 0 saturated carbocycles. The van der Waals surface area contributed by atoms with E-state index in [0.717, 1.165) is 16.8 Å². The first-order valence-corrected chi connectivity index (χ1v) is 10.1. The van der Waals surface area contributed by atoms with Crippen LogP contribution in [-0.2, 0) is 21.9 Å². The second kappa shape index (κ2) is 7.20. The molecule has 140 valence electrons. The van der Waals surface area contributed by atoms with Gasteiger partial charge in [-0.15, -0.1) is 0 Å². The van der Waals surface area contributed by atoms with E-state index in [1.807, 2.05) is 32.0 Å². The van der Waals surface area contributed by atoms with E-state index in [1.54, 1.807) is 11.6 Å². The van der Waals surface area contributed by atoms with E-state index >= 15 is 0 Å². The SMILES string of the molecule is Cc1cc(C)cc(NC(=O)[C@@H]2CCCN(S(=O)(=O)c3cn(C)cn3)C2)c1. The van der Waals surface area contributed by atoms with Gasteiger partial charge < -0.3 is 9.88 Å². The number of hydrogen-bond acceptors (Lipinski definition) is 4. The molecule has 2 aromatic rings. The second-order valence-electron chi connectivity index (χ2n) is 6.95. The number of imidazole rings is 1. The zero-order chi connectivity index (χ0) is 18.9. The van der Waals surface area contributed by atoms with Crippen LogP contribution in [0.3, 0.4) is 0 Å². The molecule has 0 unspecified atom stereocenters. The van der Waals surface area contributed by atoms with Gasteiger partial charge in [-0.05, 0) is 49.9 Å². The number of benzene rings is 1. The molecule has 3 rings (SSSR count). The quantitative estimate of drug-likeness (QED) is 0.885. The Bertz CT molecular complexity index is 900. The molecule has 0 bridgehead atoms. The Labute approximate surface area is 154 Å². The van der Waals surface area contributed by atoms with Crippen LogP contribution in [0, 0.1) is 19.8 Å². The third kappa shape index (κ3) is 3.96. The van der Waals surface area contributed by atoms with E-state index in [1.165, 1.54) is 16.8 Å². The van der Waals surface area contributed by atoms with Crippen LogP contribution in [0.25, 0.3) is 0 Å². The maximum atomic E-state index is 12.7. The van der Waals surface area contributed by atoms with E-state index in [9.17, 15) is 13.2 Å². The van der Waals surface area contributed by atoms with Crippen molar-refractivity contribution in [2.75, 3.05) is 18.4 Å². The number of sulfonamides is 1. The van der Waals surface area contributed by atoms with Crippen molar-refractivity contribution in [3.05, 3.63) is 41.9 Å². The van der Waals surface area contributed by atoms with E-state index in [2.05, 4.69) is 10.3 Å². The van der Waals surface area contributed by atoms with Gasteiger partial charge in [0.2, 0.25) is 5.91 Å². The summed E-state index contributed by atoms with van der Waals surface area (Å²) in [5.41, 5.74) is 2.89. The molecule has 1 N–H and O–H groups in total. The lowest BCUT2D eigenvalue weighted by molar-refractivity contribution is -0.120. The van der Waals surface area contributed by atoms with Crippen molar-refractivity contribution in [3.63, 3.8) is 0 Å². The number of nitrogens with one attached hydrogen (secondary N) is 1. The summed E-state index contributed by atoms with van der Waals surface area (Å²) in [6.07, 6.45) is 4.26. The van der Waals surface area contributed by atoms with Crippen LogP contribution in [0.15, 0.2) is 35.7 Å². The van der Waals surface area contributed by atoms with Crippen molar-refractivity contribution in [1.82, 2.24) is 13.9 Å². The molecule has 26 heavy (non-hydrogen) atoms. The maximum absolute atomic E-state index is 12.7. The Morgan fingerprint density at radius 2 is 1.92 bits per heavy atom. The molecule has 1 saturated heterocycles. The third-order valence-corrected chi connectivity index (χ3v) is 6.28. The average Bonchev–Trinajstić information content (AvgIpc) is 3.01. The van der Waals surface area contributed by atoms with Crippen molar-refractivity contribution >= 4 is 21.6 Å². The highest BCUT2D eigenvalue weighted by molar-refractivity contribution is 7.89. The number of piperidine rings is 1. The number of rotatable bonds is 4. The van der Waals surface area contributed by atoms with E-state index in [-0.39, 0.29) is 23.4 Å². The molecule has 7 nitrogen and oxygen atoms in total. The molecule has 0 radical (unpaired) electrons. The summed E-state index contributed by atoms with van der Waals surface area (Å²) in [5, 5.41) is 2.95. The Kier molecular flexibility index (Phi) is 5.15. The molecule has 1 fully saturated rings. The molecule has 0 spiro atoms. The number of anilines is 1. The maximum Gasteiger partial charge on any atom is 0.262 e. The number of nitrogens with zero attached hydrogens (tertiary/aromatic N) is 3. The second-order valence-corrected chi connectivity index (χ2v) is 8.83. The summed E-state index contributed by atoms with van der Waals surface area (Å²) < 4.78 is 28.4. The molecule has 1 atom stereocenters. The first-order valence-electron chi connectivity index (χ1n) is 8.63. The normalized spacial score (nSPS) is 18.7. The fraction of sp³-hybridized carbons (Fsp3) is 0.444. The van der Waals surface area contributed by atoms with Crippen molar-refractivity contribution in [1.29, 1.82) is 0 Å². The van der Waals surface area contributed by atoms with Crippen molar-refractivity contribution < 1.29 is 13.2 Å². The largest absolute Gasteiger partial charge is 0.339 e. The van der Waals surface area contributed by atoms with Gasteiger partial charge in [0.1, 0.15) is 0 Å². The van der Waals surface area contributed by atoms with Gasteiger partial charge in [0, 0.05) is 32.0 Å². The highest BCUT2D eigenvalue weighted by atomic mass is 32.2. The van der Waals surface area contributed by atoms with Gasteiger partial charge >= 0.3 is 0 Å². The topological polar surface area (TPSA) is 84.3 Å². The van der Waals surface area contributed by atoms with Crippen LogP contribution in [0.5, 0.6) is 0 Å². The van der Waals surface area contributed by atoms with Gasteiger partial charge in [-0.2, -0.15) is 4.31 Å². The highest BCUT2D eigenvalue weighted by Crippen LogP contribution is 2.24. The van der Waals surface area contributed by atoms with Gasteiger partial charge in [0.05, 0.1) is 12.2 Å². The number of amides is 1. The lowest BCUT2D eigenvalue weighted by atomic mass is 9.98. The molecule has 1 aliphatic heterocycles. The van der Waals surface area contributed by atoms with Crippen LogP contribution in [-0.4, -0.2) is 41.3 Å². The highest BCUT2D eigenvalue weighted by Gasteiger charge is 2.34. The number of hydrogen-bond donors (Lipinski definition) is 1. The first-order chi connectivity index (χ1) is 12.3. The first kappa shape index (κ1) is 18.6.